The molecule has 1 unspecified atom stereocenters. The molecule has 0 amide bonds. The van der Waals surface area contributed by atoms with Crippen molar-refractivity contribution in [1.82, 2.24) is 10.0 Å². The first kappa shape index (κ1) is 16.5. The minimum absolute atomic E-state index is 0.148. The Labute approximate surface area is 128 Å². The number of nitrogens with one attached hydrogen (secondary N) is 2. The highest BCUT2D eigenvalue weighted by Gasteiger charge is 2.27. The molecule has 1 aliphatic rings. The van der Waals surface area contributed by atoms with Crippen LogP contribution in [-0.4, -0.2) is 27.5 Å². The fourth-order valence-corrected chi connectivity index (χ4v) is 3.76. The molecule has 0 spiro atoms. The highest BCUT2D eigenvalue weighted by molar-refractivity contribution is 7.89. The van der Waals surface area contributed by atoms with Crippen molar-refractivity contribution in [2.45, 2.75) is 56.5 Å². The second-order valence-electron chi connectivity index (χ2n) is 6.36. The largest absolute Gasteiger partial charge is 0.317 e. The molecular formula is C16H26N2O2S. The highest BCUT2D eigenvalue weighted by Crippen LogP contribution is 2.22. The Bertz CT molecular complexity index is 548. The van der Waals surface area contributed by atoms with Gasteiger partial charge in [-0.05, 0) is 56.3 Å². The molecule has 0 bridgehead atoms. The number of sulfonamides is 1. The predicted octanol–water partition coefficient (Wildman–Crippen LogP) is 2.30. The predicted molar refractivity (Wildman–Crippen MR) is 85.8 cm³/mol. The van der Waals surface area contributed by atoms with Gasteiger partial charge in [0.15, 0.2) is 0 Å². The van der Waals surface area contributed by atoms with Crippen LogP contribution >= 0.6 is 0 Å². The molecule has 1 aromatic carbocycles. The number of hydrogen-bond donors (Lipinski definition) is 2. The molecule has 1 aromatic rings. The van der Waals surface area contributed by atoms with Crippen LogP contribution in [0.3, 0.4) is 0 Å². The molecule has 5 heteroatoms. The monoisotopic (exact) mass is 310 g/mol. The first-order chi connectivity index (χ1) is 9.90. The Morgan fingerprint density at radius 3 is 2.29 bits per heavy atom. The summed E-state index contributed by atoms with van der Waals surface area (Å²) < 4.78 is 26.9. The van der Waals surface area contributed by atoms with Crippen LogP contribution in [0.1, 0.15) is 38.7 Å². The lowest BCUT2D eigenvalue weighted by atomic mass is 9.97. The van der Waals surface area contributed by atoms with E-state index in [1.807, 2.05) is 19.2 Å². The molecule has 0 saturated heterocycles. The summed E-state index contributed by atoms with van der Waals surface area (Å²) in [4.78, 5) is 0.364. The van der Waals surface area contributed by atoms with Crippen molar-refractivity contribution in [3.63, 3.8) is 0 Å². The maximum atomic E-state index is 12.1. The highest BCUT2D eigenvalue weighted by atomic mass is 32.2. The molecule has 0 radical (unpaired) electrons. The third kappa shape index (κ3) is 5.09. The molecule has 2 N–H and O–H groups in total. The zero-order valence-corrected chi connectivity index (χ0v) is 13.9. The van der Waals surface area contributed by atoms with E-state index >= 15 is 0 Å². The smallest absolute Gasteiger partial charge is 0.240 e. The van der Waals surface area contributed by atoms with Crippen LogP contribution in [0.2, 0.25) is 0 Å². The second kappa shape index (κ2) is 6.90. The van der Waals surface area contributed by atoms with Crippen LogP contribution < -0.4 is 10.0 Å². The summed E-state index contributed by atoms with van der Waals surface area (Å²) in [6, 6.07) is 7.84. The van der Waals surface area contributed by atoms with Crippen LogP contribution in [0.5, 0.6) is 0 Å². The number of benzene rings is 1. The lowest BCUT2D eigenvalue weighted by Crippen LogP contribution is -2.29. The van der Waals surface area contributed by atoms with Gasteiger partial charge in [0.25, 0.3) is 0 Å². The third-order valence-corrected chi connectivity index (χ3v) is 5.32. The Kier molecular flexibility index (Phi) is 5.41. The van der Waals surface area contributed by atoms with Crippen LogP contribution in [0.15, 0.2) is 29.2 Å². The molecule has 21 heavy (non-hydrogen) atoms. The molecule has 0 aromatic heterocycles. The summed E-state index contributed by atoms with van der Waals surface area (Å²) in [6.45, 7) is 4.42. The van der Waals surface area contributed by atoms with E-state index in [2.05, 4.69) is 23.9 Å². The van der Waals surface area contributed by atoms with Gasteiger partial charge in [-0.25, -0.2) is 13.1 Å². The van der Waals surface area contributed by atoms with E-state index in [1.54, 1.807) is 12.1 Å². The number of hydrogen-bond acceptors (Lipinski definition) is 3. The van der Waals surface area contributed by atoms with Gasteiger partial charge in [-0.1, -0.05) is 26.0 Å². The Hall–Kier alpha value is -0.910. The van der Waals surface area contributed by atoms with E-state index in [0.717, 1.165) is 25.7 Å². The van der Waals surface area contributed by atoms with Gasteiger partial charge >= 0.3 is 0 Å². The van der Waals surface area contributed by atoms with Crippen molar-refractivity contribution in [2.24, 2.45) is 5.92 Å². The summed E-state index contributed by atoms with van der Waals surface area (Å²) >= 11 is 0. The van der Waals surface area contributed by atoms with Crippen LogP contribution in [0, 0.1) is 5.92 Å². The molecule has 1 aliphatic carbocycles. The summed E-state index contributed by atoms with van der Waals surface area (Å²) in [6.07, 6.45) is 3.94. The Morgan fingerprint density at radius 2 is 1.81 bits per heavy atom. The molecule has 4 nitrogen and oxygen atoms in total. The lowest BCUT2D eigenvalue weighted by Gasteiger charge is -2.18. The van der Waals surface area contributed by atoms with E-state index in [4.69, 9.17) is 0 Å². The molecule has 118 valence electrons. The van der Waals surface area contributed by atoms with Crippen LogP contribution in [-0.2, 0) is 16.4 Å². The van der Waals surface area contributed by atoms with Crippen molar-refractivity contribution in [2.75, 3.05) is 7.05 Å². The quantitative estimate of drug-likeness (QED) is 0.774. The van der Waals surface area contributed by atoms with Gasteiger partial charge in [-0.3, -0.25) is 0 Å². The van der Waals surface area contributed by atoms with E-state index in [1.165, 1.54) is 5.56 Å². The van der Waals surface area contributed by atoms with Gasteiger partial charge in [0.05, 0.1) is 4.90 Å². The molecule has 2 rings (SSSR count). The van der Waals surface area contributed by atoms with Gasteiger partial charge in [-0.15, -0.1) is 0 Å². The van der Waals surface area contributed by atoms with Crippen LogP contribution in [0.25, 0.3) is 0 Å². The fourth-order valence-electron chi connectivity index (χ4n) is 2.45. The topological polar surface area (TPSA) is 58.2 Å². The zero-order chi connectivity index (χ0) is 15.5. The van der Waals surface area contributed by atoms with E-state index < -0.39 is 10.0 Å². The summed E-state index contributed by atoms with van der Waals surface area (Å²) in [7, 11) is -1.35. The maximum Gasteiger partial charge on any atom is 0.240 e. The van der Waals surface area contributed by atoms with Crippen molar-refractivity contribution in [3.8, 4) is 0 Å². The van der Waals surface area contributed by atoms with Gasteiger partial charge in [0.2, 0.25) is 10.0 Å². The first-order valence-electron chi connectivity index (χ1n) is 7.69. The number of likely N-dealkylation sites (N-methyl/N-ethyl adjacent to an activating group) is 1. The minimum atomic E-state index is -3.33. The number of rotatable bonds is 8. The van der Waals surface area contributed by atoms with Crippen LogP contribution in [0.4, 0.5) is 0 Å². The van der Waals surface area contributed by atoms with Gasteiger partial charge < -0.3 is 5.32 Å². The third-order valence-electron chi connectivity index (χ3n) is 3.78. The lowest BCUT2D eigenvalue weighted by molar-refractivity contribution is 0.441. The summed E-state index contributed by atoms with van der Waals surface area (Å²) in [5.74, 6) is 0.643. The van der Waals surface area contributed by atoms with Crippen molar-refractivity contribution < 1.29 is 8.42 Å². The molecular weight excluding hydrogens is 284 g/mol. The van der Waals surface area contributed by atoms with E-state index in [-0.39, 0.29) is 6.04 Å². The fraction of sp³-hybridized carbons (Fsp3) is 0.625. The molecule has 0 heterocycles. The van der Waals surface area contributed by atoms with E-state index in [0.29, 0.717) is 16.9 Å². The molecule has 1 saturated carbocycles. The molecule has 1 atom stereocenters. The van der Waals surface area contributed by atoms with Gasteiger partial charge in [0, 0.05) is 12.1 Å². The second-order valence-corrected chi connectivity index (χ2v) is 8.07. The minimum Gasteiger partial charge on any atom is -0.317 e. The van der Waals surface area contributed by atoms with Gasteiger partial charge in [0.1, 0.15) is 0 Å². The summed E-state index contributed by atoms with van der Waals surface area (Å²) in [5.41, 5.74) is 1.17. The average Bonchev–Trinajstić information content (AvgIpc) is 3.21. The van der Waals surface area contributed by atoms with Crippen molar-refractivity contribution >= 4 is 10.0 Å². The zero-order valence-electron chi connectivity index (χ0n) is 13.1. The van der Waals surface area contributed by atoms with Gasteiger partial charge in [-0.2, -0.15) is 0 Å². The van der Waals surface area contributed by atoms with E-state index in [9.17, 15) is 8.42 Å². The molecule has 0 aliphatic heterocycles. The standard InChI is InChI=1S/C16H26N2O2S/c1-12(2)10-15(17-3)11-13-4-8-16(9-5-13)21(19,20)18-14-6-7-14/h4-5,8-9,12,14-15,17-18H,6-7,10-11H2,1-3H3. The summed E-state index contributed by atoms with van der Waals surface area (Å²) in [5, 5.41) is 3.33. The first-order valence-corrected chi connectivity index (χ1v) is 9.17. The van der Waals surface area contributed by atoms with Crippen molar-refractivity contribution in [3.05, 3.63) is 29.8 Å². The molecule has 1 fully saturated rings. The Balaban J connectivity index is 2.00. The SMILES string of the molecule is CNC(Cc1ccc(S(=O)(=O)NC2CC2)cc1)CC(C)C. The Morgan fingerprint density at radius 1 is 1.19 bits per heavy atom. The van der Waals surface area contributed by atoms with Crippen molar-refractivity contribution in [1.29, 1.82) is 0 Å². The maximum absolute atomic E-state index is 12.1. The normalized spacial score (nSPS) is 17.1. The average molecular weight is 310 g/mol.